The number of rotatable bonds is 6. The van der Waals surface area contributed by atoms with Crippen LogP contribution in [0.3, 0.4) is 0 Å². The minimum atomic E-state index is -0.553. The lowest BCUT2D eigenvalue weighted by molar-refractivity contribution is -0.116. The third-order valence-electron chi connectivity index (χ3n) is 4.82. The van der Waals surface area contributed by atoms with Crippen LogP contribution in [0.15, 0.2) is 77.2 Å². The number of fused-ring (bicyclic) bond motifs is 3. The van der Waals surface area contributed by atoms with Gasteiger partial charge in [0.25, 0.3) is 0 Å². The van der Waals surface area contributed by atoms with Crippen molar-refractivity contribution in [2.45, 2.75) is 19.4 Å². The quantitative estimate of drug-likeness (QED) is 0.452. The van der Waals surface area contributed by atoms with E-state index < -0.39 is 12.1 Å². The van der Waals surface area contributed by atoms with E-state index in [0.29, 0.717) is 11.3 Å². The fourth-order valence-electron chi connectivity index (χ4n) is 3.45. The molecule has 0 fully saturated rings. The maximum absolute atomic E-state index is 12.7. The Kier molecular flexibility index (Phi) is 5.66. The molecule has 0 aliphatic heterocycles. The summed E-state index contributed by atoms with van der Waals surface area (Å²) < 4.78 is 10.9. The second-order valence-corrected chi connectivity index (χ2v) is 6.89. The molecule has 6 nitrogen and oxygen atoms in total. The van der Waals surface area contributed by atoms with Gasteiger partial charge in [-0.25, -0.2) is 4.79 Å². The highest BCUT2D eigenvalue weighted by Gasteiger charge is 2.19. The van der Waals surface area contributed by atoms with Gasteiger partial charge >= 0.3 is 6.09 Å². The minimum Gasteiger partial charge on any atom is -0.456 e. The molecule has 6 heteroatoms. The Hall–Kier alpha value is -3.80. The Morgan fingerprint density at radius 3 is 2.47 bits per heavy atom. The third-order valence-corrected chi connectivity index (χ3v) is 4.82. The van der Waals surface area contributed by atoms with Crippen molar-refractivity contribution in [1.29, 1.82) is 0 Å². The summed E-state index contributed by atoms with van der Waals surface area (Å²) in [6.45, 7) is 2.00. The Balaban J connectivity index is 1.51. The number of nitrogens with one attached hydrogen (secondary N) is 2. The Morgan fingerprint density at radius 2 is 1.67 bits per heavy atom. The fourth-order valence-corrected chi connectivity index (χ4v) is 3.45. The predicted octanol–water partition coefficient (Wildman–Crippen LogP) is 5.40. The highest BCUT2D eigenvalue weighted by Crippen LogP contribution is 2.30. The minimum absolute atomic E-state index is 0.0704. The van der Waals surface area contributed by atoms with Gasteiger partial charge in [-0.3, -0.25) is 4.79 Å². The summed E-state index contributed by atoms with van der Waals surface area (Å²) in [5.74, 6) is -0.226. The molecule has 1 atom stereocenters. The molecule has 4 rings (SSSR count). The zero-order valence-electron chi connectivity index (χ0n) is 16.6. The smallest absolute Gasteiger partial charge is 0.407 e. The van der Waals surface area contributed by atoms with Crippen molar-refractivity contribution in [2.75, 3.05) is 11.9 Å². The van der Waals surface area contributed by atoms with Crippen molar-refractivity contribution in [2.24, 2.45) is 0 Å². The molecule has 0 spiro atoms. The molecule has 4 aromatic rings. The summed E-state index contributed by atoms with van der Waals surface area (Å²) in [5, 5.41) is 7.68. The molecule has 3 aromatic carbocycles. The lowest BCUT2D eigenvalue weighted by Gasteiger charge is -2.18. The molecule has 2 N–H and O–H groups in total. The number of benzene rings is 3. The van der Waals surface area contributed by atoms with Crippen molar-refractivity contribution in [3.05, 3.63) is 78.4 Å². The van der Waals surface area contributed by atoms with Crippen LogP contribution >= 0.6 is 0 Å². The molecule has 30 heavy (non-hydrogen) atoms. The number of para-hydroxylation sites is 1. The number of carbonyl (C=O) groups excluding carboxylic acids is 2. The predicted molar refractivity (Wildman–Crippen MR) is 116 cm³/mol. The van der Waals surface area contributed by atoms with E-state index in [1.54, 1.807) is 6.92 Å². The van der Waals surface area contributed by atoms with Crippen LogP contribution in [0.25, 0.3) is 21.9 Å². The van der Waals surface area contributed by atoms with Gasteiger partial charge in [-0.2, -0.15) is 0 Å². The van der Waals surface area contributed by atoms with E-state index in [9.17, 15) is 9.59 Å². The summed E-state index contributed by atoms with van der Waals surface area (Å²) in [7, 11) is 0. The number of furan rings is 1. The summed E-state index contributed by atoms with van der Waals surface area (Å²) in [5.41, 5.74) is 2.97. The molecular formula is C24H22N2O4. The van der Waals surface area contributed by atoms with E-state index in [1.807, 2.05) is 72.8 Å². The van der Waals surface area contributed by atoms with E-state index in [2.05, 4.69) is 10.6 Å². The third kappa shape index (κ3) is 4.27. The molecule has 0 aliphatic rings. The SMILES string of the molecule is CCOC(=O)N[C@H](CC(=O)Nc1ccc2c(c1)oc1ccccc12)c1ccccc1. The van der Waals surface area contributed by atoms with Crippen LogP contribution in [0.4, 0.5) is 10.5 Å². The first-order chi connectivity index (χ1) is 14.6. The van der Waals surface area contributed by atoms with Gasteiger partial charge in [0.05, 0.1) is 19.1 Å². The molecule has 0 radical (unpaired) electrons. The largest absolute Gasteiger partial charge is 0.456 e. The molecule has 0 unspecified atom stereocenters. The number of alkyl carbamates (subject to hydrolysis) is 1. The normalized spacial score (nSPS) is 11.9. The first-order valence-electron chi connectivity index (χ1n) is 9.83. The summed E-state index contributed by atoms with van der Waals surface area (Å²) in [4.78, 5) is 24.6. The number of anilines is 1. The fraction of sp³-hybridized carbons (Fsp3) is 0.167. The average molecular weight is 402 g/mol. The van der Waals surface area contributed by atoms with E-state index in [4.69, 9.17) is 9.15 Å². The zero-order chi connectivity index (χ0) is 20.9. The number of amides is 2. The van der Waals surface area contributed by atoms with Crippen molar-refractivity contribution < 1.29 is 18.7 Å². The van der Waals surface area contributed by atoms with E-state index in [1.165, 1.54) is 0 Å². The zero-order valence-corrected chi connectivity index (χ0v) is 16.6. The van der Waals surface area contributed by atoms with Crippen molar-refractivity contribution in [1.82, 2.24) is 5.32 Å². The van der Waals surface area contributed by atoms with Crippen molar-refractivity contribution in [3.63, 3.8) is 0 Å². The number of carbonyl (C=O) groups is 2. The maximum atomic E-state index is 12.7. The van der Waals surface area contributed by atoms with Crippen LogP contribution in [0.5, 0.6) is 0 Å². The highest BCUT2D eigenvalue weighted by atomic mass is 16.5. The highest BCUT2D eigenvalue weighted by molar-refractivity contribution is 6.06. The molecule has 2 amide bonds. The van der Waals surface area contributed by atoms with Gasteiger partial charge in [-0.05, 0) is 30.7 Å². The van der Waals surface area contributed by atoms with Crippen molar-refractivity contribution >= 4 is 39.6 Å². The summed E-state index contributed by atoms with van der Waals surface area (Å²) in [6.07, 6.45) is -0.482. The van der Waals surface area contributed by atoms with Gasteiger partial charge < -0.3 is 19.8 Å². The lowest BCUT2D eigenvalue weighted by atomic mass is 10.0. The van der Waals surface area contributed by atoms with Gasteiger partial charge in [0.15, 0.2) is 0 Å². The van der Waals surface area contributed by atoms with E-state index in [-0.39, 0.29) is 18.9 Å². The molecule has 152 valence electrons. The first kappa shape index (κ1) is 19.5. The molecule has 0 bridgehead atoms. The van der Waals surface area contributed by atoms with Gasteiger partial charge in [-0.15, -0.1) is 0 Å². The van der Waals surface area contributed by atoms with Gasteiger partial charge in [0.2, 0.25) is 5.91 Å². The molecule has 0 saturated carbocycles. The van der Waals surface area contributed by atoms with E-state index >= 15 is 0 Å². The number of hydrogen-bond donors (Lipinski definition) is 2. The summed E-state index contributed by atoms with van der Waals surface area (Å²) >= 11 is 0. The Morgan fingerprint density at radius 1 is 0.933 bits per heavy atom. The first-order valence-corrected chi connectivity index (χ1v) is 9.83. The van der Waals surface area contributed by atoms with Gasteiger partial charge in [0, 0.05) is 22.5 Å². The van der Waals surface area contributed by atoms with Gasteiger partial charge in [-0.1, -0.05) is 48.5 Å². The second kappa shape index (κ2) is 8.69. The molecule has 1 aromatic heterocycles. The van der Waals surface area contributed by atoms with E-state index in [0.717, 1.165) is 21.9 Å². The molecule has 0 aliphatic carbocycles. The molecule has 1 heterocycles. The monoisotopic (exact) mass is 402 g/mol. The Bertz CT molecular complexity index is 1180. The standard InChI is InChI=1S/C24H22N2O4/c1-2-29-24(28)26-20(16-8-4-3-5-9-16)15-23(27)25-17-12-13-19-18-10-6-7-11-21(18)30-22(19)14-17/h3-14,20H,2,15H2,1H3,(H,25,27)(H,26,28)/t20-/m1/s1. The molecular weight excluding hydrogens is 380 g/mol. The average Bonchev–Trinajstić information content (AvgIpc) is 3.12. The van der Waals surface area contributed by atoms with Crippen LogP contribution in [0.2, 0.25) is 0 Å². The van der Waals surface area contributed by atoms with Gasteiger partial charge in [0.1, 0.15) is 11.2 Å². The van der Waals surface area contributed by atoms with Crippen LogP contribution in [0.1, 0.15) is 24.9 Å². The van der Waals surface area contributed by atoms with Crippen LogP contribution in [-0.2, 0) is 9.53 Å². The number of ether oxygens (including phenoxy) is 1. The van der Waals surface area contributed by atoms with Crippen molar-refractivity contribution in [3.8, 4) is 0 Å². The van der Waals surface area contributed by atoms with Crippen LogP contribution in [0, 0.1) is 0 Å². The summed E-state index contributed by atoms with van der Waals surface area (Å²) in [6, 6.07) is 22.2. The number of hydrogen-bond acceptors (Lipinski definition) is 4. The topological polar surface area (TPSA) is 80.6 Å². The van der Waals surface area contributed by atoms with Crippen LogP contribution < -0.4 is 10.6 Å². The van der Waals surface area contributed by atoms with Crippen LogP contribution in [-0.4, -0.2) is 18.6 Å². The maximum Gasteiger partial charge on any atom is 0.407 e. The molecule has 0 saturated heterocycles. The lowest BCUT2D eigenvalue weighted by Crippen LogP contribution is -2.32. The second-order valence-electron chi connectivity index (χ2n) is 6.89. The Labute approximate surface area is 173 Å².